The highest BCUT2D eigenvalue weighted by Crippen LogP contribution is 2.23. The fourth-order valence-corrected chi connectivity index (χ4v) is 4.08. The van der Waals surface area contributed by atoms with Crippen LogP contribution in [0.3, 0.4) is 0 Å². The van der Waals surface area contributed by atoms with E-state index in [0.717, 1.165) is 57.1 Å². The lowest BCUT2D eigenvalue weighted by molar-refractivity contribution is 0.241. The molecule has 0 aromatic carbocycles. The minimum absolute atomic E-state index is 0.0269. The predicted octanol–water partition coefficient (Wildman–Crippen LogP) is 2.03. The molecule has 0 N–H and O–H groups in total. The number of hydrogen-bond donors (Lipinski definition) is 0. The maximum absolute atomic E-state index is 12.2. The second-order valence-electron chi connectivity index (χ2n) is 9.24. The lowest BCUT2D eigenvalue weighted by atomic mass is 9.92. The lowest BCUT2D eigenvalue weighted by Crippen LogP contribution is -2.48. The molecule has 0 radical (unpaired) electrons. The summed E-state index contributed by atoms with van der Waals surface area (Å²) in [7, 11) is 0. The Hall–Kier alpha value is -2.28. The zero-order valence-electron chi connectivity index (χ0n) is 17.9. The third kappa shape index (κ3) is 4.66. The Morgan fingerprint density at radius 2 is 1.72 bits per heavy atom. The van der Waals surface area contributed by atoms with Crippen molar-refractivity contribution in [2.75, 3.05) is 37.6 Å². The Morgan fingerprint density at radius 1 is 0.966 bits per heavy atom. The predicted molar refractivity (Wildman–Crippen MR) is 115 cm³/mol. The molecular weight excluding hydrogens is 364 g/mol. The van der Waals surface area contributed by atoms with Crippen molar-refractivity contribution in [1.29, 1.82) is 0 Å². The number of aromatic nitrogens is 4. The Labute approximate surface area is 172 Å². The van der Waals surface area contributed by atoms with Crippen LogP contribution in [0.4, 0.5) is 5.82 Å². The molecule has 7 nitrogen and oxygen atoms in total. The molecule has 7 heteroatoms. The topological polar surface area (TPSA) is 67.2 Å². The molecule has 1 saturated heterocycles. The quantitative estimate of drug-likeness (QED) is 0.788. The SMILES string of the molecule is CC(C)(C)c1ccc(=O)n(CCN2CCN(c3cc4c(nn3)CCCC4)CC2)n1. The molecule has 2 aromatic rings. The van der Waals surface area contributed by atoms with Gasteiger partial charge in [-0.15, -0.1) is 5.10 Å². The minimum Gasteiger partial charge on any atom is -0.353 e. The molecule has 1 aliphatic heterocycles. The molecule has 2 aromatic heterocycles. The number of anilines is 1. The van der Waals surface area contributed by atoms with Gasteiger partial charge in [0.25, 0.3) is 5.56 Å². The Balaban J connectivity index is 1.33. The first kappa shape index (κ1) is 20.0. The Bertz CT molecular complexity index is 908. The van der Waals surface area contributed by atoms with E-state index in [1.54, 1.807) is 10.7 Å². The van der Waals surface area contributed by atoms with E-state index >= 15 is 0 Å². The van der Waals surface area contributed by atoms with Gasteiger partial charge in [0.1, 0.15) is 0 Å². The van der Waals surface area contributed by atoms with E-state index in [1.807, 2.05) is 6.07 Å². The van der Waals surface area contributed by atoms with Crippen LogP contribution in [0.5, 0.6) is 0 Å². The molecule has 4 rings (SSSR count). The summed E-state index contributed by atoms with van der Waals surface area (Å²) >= 11 is 0. The molecule has 0 spiro atoms. The van der Waals surface area contributed by atoms with E-state index in [1.165, 1.54) is 24.1 Å². The van der Waals surface area contributed by atoms with E-state index in [0.29, 0.717) is 6.54 Å². The van der Waals surface area contributed by atoms with Crippen LogP contribution in [-0.4, -0.2) is 57.6 Å². The molecule has 0 amide bonds. The van der Waals surface area contributed by atoms with Gasteiger partial charge in [-0.3, -0.25) is 9.69 Å². The molecular formula is C22H32N6O. The van der Waals surface area contributed by atoms with E-state index in [2.05, 4.69) is 51.9 Å². The summed E-state index contributed by atoms with van der Waals surface area (Å²) in [5.74, 6) is 1.01. The summed E-state index contributed by atoms with van der Waals surface area (Å²) in [4.78, 5) is 16.9. The summed E-state index contributed by atoms with van der Waals surface area (Å²) < 4.78 is 1.61. The van der Waals surface area contributed by atoms with E-state index < -0.39 is 0 Å². The average Bonchev–Trinajstić information content (AvgIpc) is 2.72. The van der Waals surface area contributed by atoms with Crippen LogP contribution in [0.25, 0.3) is 0 Å². The molecule has 2 aliphatic rings. The van der Waals surface area contributed by atoms with Crippen LogP contribution in [-0.2, 0) is 24.8 Å². The first-order valence-corrected chi connectivity index (χ1v) is 10.8. The molecule has 156 valence electrons. The molecule has 1 aliphatic carbocycles. The Morgan fingerprint density at radius 3 is 2.48 bits per heavy atom. The first-order valence-electron chi connectivity index (χ1n) is 10.8. The standard InChI is InChI=1S/C22H32N6O/c1-22(2,3)19-8-9-21(29)28(25-19)15-12-26-10-13-27(14-11-26)20-16-17-6-4-5-7-18(17)23-24-20/h8-9,16H,4-7,10-15H2,1-3H3. The molecule has 0 saturated carbocycles. The number of nitrogens with zero attached hydrogens (tertiary/aromatic N) is 6. The van der Waals surface area contributed by atoms with Gasteiger partial charge in [0.15, 0.2) is 5.82 Å². The monoisotopic (exact) mass is 396 g/mol. The highest BCUT2D eigenvalue weighted by atomic mass is 16.1. The van der Waals surface area contributed by atoms with Gasteiger partial charge in [-0.2, -0.15) is 10.2 Å². The molecule has 29 heavy (non-hydrogen) atoms. The van der Waals surface area contributed by atoms with Gasteiger partial charge < -0.3 is 4.90 Å². The fourth-order valence-electron chi connectivity index (χ4n) is 4.08. The van der Waals surface area contributed by atoms with Crippen molar-refractivity contribution >= 4 is 5.82 Å². The molecule has 0 unspecified atom stereocenters. The van der Waals surface area contributed by atoms with Crippen molar-refractivity contribution < 1.29 is 0 Å². The third-order valence-corrected chi connectivity index (χ3v) is 6.02. The van der Waals surface area contributed by atoms with E-state index in [9.17, 15) is 4.79 Å². The zero-order chi connectivity index (χ0) is 20.4. The average molecular weight is 397 g/mol. The van der Waals surface area contributed by atoms with Crippen molar-refractivity contribution in [3.63, 3.8) is 0 Å². The van der Waals surface area contributed by atoms with Crippen molar-refractivity contribution in [1.82, 2.24) is 24.9 Å². The van der Waals surface area contributed by atoms with Gasteiger partial charge in [0.05, 0.1) is 17.9 Å². The second-order valence-corrected chi connectivity index (χ2v) is 9.24. The molecule has 0 bridgehead atoms. The number of hydrogen-bond acceptors (Lipinski definition) is 6. The van der Waals surface area contributed by atoms with Gasteiger partial charge in [-0.1, -0.05) is 20.8 Å². The van der Waals surface area contributed by atoms with Crippen LogP contribution >= 0.6 is 0 Å². The van der Waals surface area contributed by atoms with Gasteiger partial charge in [0.2, 0.25) is 0 Å². The van der Waals surface area contributed by atoms with E-state index in [-0.39, 0.29) is 11.0 Å². The van der Waals surface area contributed by atoms with Crippen molar-refractivity contribution in [2.24, 2.45) is 0 Å². The van der Waals surface area contributed by atoms with Crippen molar-refractivity contribution in [3.8, 4) is 0 Å². The summed E-state index contributed by atoms with van der Waals surface area (Å²) in [6, 6.07) is 5.73. The van der Waals surface area contributed by atoms with Crippen molar-refractivity contribution in [2.45, 2.75) is 58.4 Å². The zero-order valence-corrected chi connectivity index (χ0v) is 17.9. The fraction of sp³-hybridized carbons (Fsp3) is 0.636. The van der Waals surface area contributed by atoms with Gasteiger partial charge >= 0.3 is 0 Å². The number of piperazine rings is 1. The van der Waals surface area contributed by atoms with Crippen LogP contribution in [0.2, 0.25) is 0 Å². The molecule has 1 fully saturated rings. The van der Waals surface area contributed by atoms with Crippen LogP contribution in [0.1, 0.15) is 50.6 Å². The second kappa shape index (κ2) is 8.22. The summed E-state index contributed by atoms with van der Waals surface area (Å²) in [6.07, 6.45) is 4.69. The third-order valence-electron chi connectivity index (χ3n) is 6.02. The molecule has 0 atom stereocenters. The Kier molecular flexibility index (Phi) is 5.67. The maximum Gasteiger partial charge on any atom is 0.266 e. The van der Waals surface area contributed by atoms with Crippen molar-refractivity contribution in [3.05, 3.63) is 45.5 Å². The number of rotatable bonds is 4. The first-order chi connectivity index (χ1) is 13.9. The molecule has 3 heterocycles. The number of fused-ring (bicyclic) bond motifs is 1. The highest BCUT2D eigenvalue weighted by molar-refractivity contribution is 5.42. The normalized spacial score (nSPS) is 18.0. The van der Waals surface area contributed by atoms with Crippen LogP contribution in [0.15, 0.2) is 23.0 Å². The van der Waals surface area contributed by atoms with Gasteiger partial charge in [0, 0.05) is 44.2 Å². The van der Waals surface area contributed by atoms with Crippen LogP contribution in [0, 0.1) is 0 Å². The smallest absolute Gasteiger partial charge is 0.266 e. The number of aryl methyl sites for hydroxylation is 2. The lowest BCUT2D eigenvalue weighted by Gasteiger charge is -2.35. The summed E-state index contributed by atoms with van der Waals surface area (Å²) in [5.41, 5.74) is 3.44. The van der Waals surface area contributed by atoms with Gasteiger partial charge in [-0.25, -0.2) is 4.68 Å². The highest BCUT2D eigenvalue weighted by Gasteiger charge is 2.21. The van der Waals surface area contributed by atoms with Gasteiger partial charge in [-0.05, 0) is 43.4 Å². The summed E-state index contributed by atoms with van der Waals surface area (Å²) in [6.45, 7) is 11.6. The summed E-state index contributed by atoms with van der Waals surface area (Å²) in [5, 5.41) is 13.5. The maximum atomic E-state index is 12.2. The largest absolute Gasteiger partial charge is 0.353 e. The van der Waals surface area contributed by atoms with E-state index in [4.69, 9.17) is 0 Å². The van der Waals surface area contributed by atoms with Crippen LogP contribution < -0.4 is 10.5 Å². The minimum atomic E-state index is -0.0585.